The maximum Gasteiger partial charge on any atom is 0.252 e. The van der Waals surface area contributed by atoms with Crippen LogP contribution in [0.4, 0.5) is 5.95 Å². The number of hydrogen-bond acceptors (Lipinski definition) is 5. The Morgan fingerprint density at radius 2 is 2.08 bits per heavy atom. The van der Waals surface area contributed by atoms with Crippen LogP contribution in [-0.2, 0) is 6.54 Å². The molecule has 0 spiro atoms. The molecular formula is C20H26N4O2. The third-order valence-electron chi connectivity index (χ3n) is 5.39. The van der Waals surface area contributed by atoms with E-state index in [-0.39, 0.29) is 5.56 Å². The number of ether oxygens (including phenoxy) is 1. The molecule has 4 rings (SSSR count). The summed E-state index contributed by atoms with van der Waals surface area (Å²) in [5, 5.41) is 0. The van der Waals surface area contributed by atoms with E-state index < -0.39 is 0 Å². The molecular weight excluding hydrogens is 328 g/mol. The quantitative estimate of drug-likeness (QED) is 0.893. The Morgan fingerprint density at radius 1 is 1.23 bits per heavy atom. The van der Waals surface area contributed by atoms with Gasteiger partial charge in [-0.1, -0.05) is 12.1 Å². The van der Waals surface area contributed by atoms with Crippen LogP contribution in [0.5, 0.6) is 5.75 Å². The van der Waals surface area contributed by atoms with E-state index in [4.69, 9.17) is 9.72 Å². The molecule has 2 saturated heterocycles. The minimum Gasteiger partial charge on any atom is -0.497 e. The van der Waals surface area contributed by atoms with E-state index in [0.717, 1.165) is 56.5 Å². The number of hydrogen-bond donors (Lipinski definition) is 1. The topological polar surface area (TPSA) is 61.5 Å². The smallest absolute Gasteiger partial charge is 0.252 e. The molecule has 0 amide bonds. The summed E-state index contributed by atoms with van der Waals surface area (Å²) in [5.41, 5.74) is 2.15. The first-order valence-corrected chi connectivity index (χ1v) is 9.43. The fourth-order valence-corrected chi connectivity index (χ4v) is 4.00. The van der Waals surface area contributed by atoms with E-state index in [1.165, 1.54) is 18.4 Å². The third kappa shape index (κ3) is 3.75. The zero-order valence-electron chi connectivity index (χ0n) is 15.3. The lowest BCUT2D eigenvalue weighted by Crippen LogP contribution is -2.25. The molecule has 26 heavy (non-hydrogen) atoms. The van der Waals surface area contributed by atoms with Crippen LogP contribution in [0, 0.1) is 0 Å². The monoisotopic (exact) mass is 354 g/mol. The van der Waals surface area contributed by atoms with Gasteiger partial charge in [0.1, 0.15) is 5.75 Å². The molecule has 0 saturated carbocycles. The van der Waals surface area contributed by atoms with Crippen molar-refractivity contribution < 1.29 is 4.74 Å². The molecule has 2 aromatic rings. The van der Waals surface area contributed by atoms with Crippen molar-refractivity contribution in [2.75, 3.05) is 38.2 Å². The summed E-state index contributed by atoms with van der Waals surface area (Å²) in [5.74, 6) is 1.96. The number of nitrogens with one attached hydrogen (secondary N) is 1. The zero-order chi connectivity index (χ0) is 17.9. The standard InChI is InChI=1S/C20H26N4O2/c1-26-17-6-4-5-15(11-17)13-23-10-7-16(14-23)18-12-19(25)22-20(21-18)24-8-2-3-9-24/h4-6,11-12,16H,2-3,7-10,13-14H2,1H3,(H,21,22,25)/t16-/m0/s1. The van der Waals surface area contributed by atoms with Crippen LogP contribution < -0.4 is 15.2 Å². The second-order valence-electron chi connectivity index (χ2n) is 7.26. The third-order valence-corrected chi connectivity index (χ3v) is 5.39. The van der Waals surface area contributed by atoms with Crippen molar-refractivity contribution in [1.82, 2.24) is 14.9 Å². The molecule has 6 nitrogen and oxygen atoms in total. The van der Waals surface area contributed by atoms with E-state index in [9.17, 15) is 4.79 Å². The first-order valence-electron chi connectivity index (χ1n) is 9.43. The summed E-state index contributed by atoms with van der Waals surface area (Å²) in [6.07, 6.45) is 3.39. The number of aromatic nitrogens is 2. The van der Waals surface area contributed by atoms with Crippen LogP contribution in [-0.4, -0.2) is 48.2 Å². The van der Waals surface area contributed by atoms with Crippen molar-refractivity contribution >= 4 is 5.95 Å². The highest BCUT2D eigenvalue weighted by Crippen LogP contribution is 2.28. The summed E-state index contributed by atoms with van der Waals surface area (Å²) < 4.78 is 5.31. The molecule has 138 valence electrons. The number of methoxy groups -OCH3 is 1. The highest BCUT2D eigenvalue weighted by atomic mass is 16.5. The predicted molar refractivity (Wildman–Crippen MR) is 102 cm³/mol. The molecule has 2 aliphatic heterocycles. The Kier molecular flexibility index (Phi) is 4.93. The van der Waals surface area contributed by atoms with Gasteiger partial charge in [0, 0.05) is 38.2 Å². The van der Waals surface area contributed by atoms with E-state index in [2.05, 4.69) is 26.9 Å². The highest BCUT2D eigenvalue weighted by Gasteiger charge is 2.26. The van der Waals surface area contributed by atoms with E-state index in [1.807, 2.05) is 12.1 Å². The van der Waals surface area contributed by atoms with Gasteiger partial charge in [0.2, 0.25) is 5.95 Å². The number of rotatable bonds is 5. The van der Waals surface area contributed by atoms with Crippen molar-refractivity contribution in [3.8, 4) is 5.75 Å². The summed E-state index contributed by atoms with van der Waals surface area (Å²) in [6.45, 7) is 4.83. The first kappa shape index (κ1) is 17.1. The highest BCUT2D eigenvalue weighted by molar-refractivity contribution is 5.33. The average Bonchev–Trinajstić information content (AvgIpc) is 3.33. The maximum atomic E-state index is 12.1. The predicted octanol–water partition coefficient (Wildman–Crippen LogP) is 2.37. The van der Waals surface area contributed by atoms with Gasteiger partial charge in [-0.3, -0.25) is 14.7 Å². The first-order chi connectivity index (χ1) is 12.7. The van der Waals surface area contributed by atoms with Gasteiger partial charge in [0.15, 0.2) is 0 Å². The van der Waals surface area contributed by atoms with E-state index >= 15 is 0 Å². The number of anilines is 1. The second-order valence-corrected chi connectivity index (χ2v) is 7.26. The van der Waals surface area contributed by atoms with Crippen molar-refractivity contribution in [2.45, 2.75) is 31.7 Å². The molecule has 0 radical (unpaired) electrons. The largest absolute Gasteiger partial charge is 0.497 e. The van der Waals surface area contributed by atoms with Crippen LogP contribution in [0.3, 0.4) is 0 Å². The number of benzene rings is 1. The SMILES string of the molecule is COc1cccc(CN2CC[C@H](c3cc(=O)[nH]c(N4CCCC4)n3)C2)c1. The van der Waals surface area contributed by atoms with Gasteiger partial charge in [0.25, 0.3) is 5.56 Å². The zero-order valence-corrected chi connectivity index (χ0v) is 15.3. The number of H-pyrrole nitrogens is 1. The van der Waals surface area contributed by atoms with E-state index in [1.54, 1.807) is 13.2 Å². The van der Waals surface area contributed by atoms with Gasteiger partial charge in [-0.25, -0.2) is 4.98 Å². The van der Waals surface area contributed by atoms with Gasteiger partial charge in [-0.15, -0.1) is 0 Å². The van der Waals surface area contributed by atoms with Crippen LogP contribution in [0.2, 0.25) is 0 Å². The van der Waals surface area contributed by atoms with Gasteiger partial charge >= 0.3 is 0 Å². The molecule has 1 aromatic carbocycles. The van der Waals surface area contributed by atoms with Crippen LogP contribution in [0.25, 0.3) is 0 Å². The molecule has 1 aromatic heterocycles. The summed E-state index contributed by atoms with van der Waals surface area (Å²) in [6, 6.07) is 9.90. The van der Waals surface area contributed by atoms with Crippen LogP contribution >= 0.6 is 0 Å². The number of nitrogens with zero attached hydrogens (tertiary/aromatic N) is 3. The molecule has 0 unspecified atom stereocenters. The molecule has 1 atom stereocenters. The van der Waals surface area contributed by atoms with Gasteiger partial charge in [-0.05, 0) is 43.5 Å². The normalized spacial score (nSPS) is 20.7. The fourth-order valence-electron chi connectivity index (χ4n) is 4.00. The molecule has 6 heteroatoms. The summed E-state index contributed by atoms with van der Waals surface area (Å²) in [7, 11) is 1.70. The van der Waals surface area contributed by atoms with Crippen molar-refractivity contribution in [3.05, 3.63) is 51.9 Å². The van der Waals surface area contributed by atoms with Crippen molar-refractivity contribution in [2.24, 2.45) is 0 Å². The minimum atomic E-state index is -0.0388. The molecule has 2 aliphatic rings. The fraction of sp³-hybridized carbons (Fsp3) is 0.500. The molecule has 3 heterocycles. The van der Waals surface area contributed by atoms with Gasteiger partial charge in [-0.2, -0.15) is 0 Å². The van der Waals surface area contributed by atoms with Crippen molar-refractivity contribution in [3.63, 3.8) is 0 Å². The Morgan fingerprint density at radius 3 is 2.88 bits per heavy atom. The Labute approximate surface area is 153 Å². The lowest BCUT2D eigenvalue weighted by molar-refractivity contribution is 0.325. The molecule has 0 bridgehead atoms. The van der Waals surface area contributed by atoms with Crippen LogP contribution in [0.1, 0.15) is 36.4 Å². The molecule has 2 fully saturated rings. The Bertz CT molecular complexity index is 813. The Hall–Kier alpha value is -2.34. The minimum absolute atomic E-state index is 0.0388. The van der Waals surface area contributed by atoms with Crippen molar-refractivity contribution in [1.29, 1.82) is 0 Å². The van der Waals surface area contributed by atoms with Gasteiger partial charge < -0.3 is 9.64 Å². The van der Waals surface area contributed by atoms with Gasteiger partial charge in [0.05, 0.1) is 12.8 Å². The molecule has 0 aliphatic carbocycles. The Balaban J connectivity index is 1.45. The summed E-state index contributed by atoms with van der Waals surface area (Å²) >= 11 is 0. The van der Waals surface area contributed by atoms with E-state index in [0.29, 0.717) is 5.92 Å². The second kappa shape index (κ2) is 7.50. The lowest BCUT2D eigenvalue weighted by Gasteiger charge is -2.19. The lowest BCUT2D eigenvalue weighted by atomic mass is 10.0. The molecule has 1 N–H and O–H groups in total. The number of likely N-dealkylation sites (tertiary alicyclic amines) is 1. The number of aromatic amines is 1. The maximum absolute atomic E-state index is 12.1. The van der Waals surface area contributed by atoms with Crippen LogP contribution in [0.15, 0.2) is 35.1 Å². The summed E-state index contributed by atoms with van der Waals surface area (Å²) in [4.78, 5) is 24.4. The average molecular weight is 354 g/mol.